The van der Waals surface area contributed by atoms with E-state index in [1.165, 1.54) is 13.2 Å². The van der Waals surface area contributed by atoms with Crippen LogP contribution in [0, 0.1) is 5.92 Å². The molecule has 2 atom stereocenters. The lowest BCUT2D eigenvalue weighted by Gasteiger charge is -2.38. The minimum Gasteiger partial charge on any atom is -0.493 e. The van der Waals surface area contributed by atoms with Crippen LogP contribution in [0.3, 0.4) is 0 Å². The predicted octanol–water partition coefficient (Wildman–Crippen LogP) is 3.58. The van der Waals surface area contributed by atoms with Crippen molar-refractivity contribution in [3.8, 4) is 11.5 Å². The molecule has 2 N–H and O–H groups in total. The second-order valence-corrected chi connectivity index (χ2v) is 7.00. The Morgan fingerprint density at radius 1 is 1.32 bits per heavy atom. The number of benzene rings is 1. The number of rotatable bonds is 7. The molecule has 1 amide bonds. The zero-order valence-electron chi connectivity index (χ0n) is 16.1. The normalized spacial score (nSPS) is 19.7. The molecule has 0 radical (unpaired) electrons. The van der Waals surface area contributed by atoms with Crippen LogP contribution in [-0.2, 0) is 11.2 Å². The summed E-state index contributed by atoms with van der Waals surface area (Å²) in [7, 11) is 1.37. The van der Waals surface area contributed by atoms with Crippen molar-refractivity contribution in [1.82, 2.24) is 4.90 Å². The van der Waals surface area contributed by atoms with Crippen molar-refractivity contribution >= 4 is 18.3 Å². The molecule has 0 aliphatic carbocycles. The molecule has 1 fully saturated rings. The Bertz CT molecular complexity index is 643. The lowest BCUT2D eigenvalue weighted by Crippen LogP contribution is -2.49. The molecule has 0 bridgehead atoms. The number of halogens is 4. The fourth-order valence-electron chi connectivity index (χ4n) is 3.34. The first-order valence-corrected chi connectivity index (χ1v) is 9.09. The van der Waals surface area contributed by atoms with Crippen molar-refractivity contribution in [2.45, 2.75) is 44.8 Å². The number of ether oxygens (including phenoxy) is 2. The molecule has 1 heterocycles. The molecule has 0 saturated carbocycles. The molecule has 28 heavy (non-hydrogen) atoms. The highest BCUT2D eigenvalue weighted by atomic mass is 35.5. The molecule has 1 saturated heterocycles. The summed E-state index contributed by atoms with van der Waals surface area (Å²) in [5.41, 5.74) is 6.61. The monoisotopic (exact) mass is 424 g/mol. The fourth-order valence-corrected chi connectivity index (χ4v) is 3.34. The van der Waals surface area contributed by atoms with Gasteiger partial charge in [-0.1, -0.05) is 13.0 Å². The van der Waals surface area contributed by atoms with E-state index in [2.05, 4.69) is 6.92 Å². The Hall–Kier alpha value is -1.67. The number of carbonyl (C=O) groups excluding carboxylic acids is 1. The molecule has 0 spiro atoms. The van der Waals surface area contributed by atoms with E-state index >= 15 is 0 Å². The lowest BCUT2D eigenvalue weighted by molar-refractivity contribution is -0.153. The number of likely N-dealkylation sites (tertiary alicyclic amines) is 1. The number of carbonyl (C=O) groups is 1. The SMILES string of the molecule is COc1cc(CCC(=O)N2CCC(C)CC2CN)ccc1OCC(F)(F)F.Cl. The van der Waals surface area contributed by atoms with Crippen molar-refractivity contribution in [3.05, 3.63) is 23.8 Å². The molecule has 2 unspecified atom stereocenters. The van der Waals surface area contributed by atoms with Gasteiger partial charge in [-0.05, 0) is 42.9 Å². The topological polar surface area (TPSA) is 64.8 Å². The molecule has 1 aliphatic heterocycles. The second-order valence-electron chi connectivity index (χ2n) is 7.00. The van der Waals surface area contributed by atoms with Gasteiger partial charge in [-0.3, -0.25) is 4.79 Å². The van der Waals surface area contributed by atoms with Gasteiger partial charge < -0.3 is 20.1 Å². The number of nitrogens with two attached hydrogens (primary N) is 1. The molecule has 160 valence electrons. The van der Waals surface area contributed by atoms with Gasteiger partial charge >= 0.3 is 6.18 Å². The van der Waals surface area contributed by atoms with E-state index in [9.17, 15) is 18.0 Å². The Morgan fingerprint density at radius 2 is 2.04 bits per heavy atom. The number of piperidine rings is 1. The first-order valence-electron chi connectivity index (χ1n) is 9.09. The van der Waals surface area contributed by atoms with Gasteiger partial charge in [-0.15, -0.1) is 12.4 Å². The quantitative estimate of drug-likeness (QED) is 0.726. The Labute approximate surface area is 169 Å². The largest absolute Gasteiger partial charge is 0.493 e. The summed E-state index contributed by atoms with van der Waals surface area (Å²) in [6.07, 6.45) is -1.74. The maximum Gasteiger partial charge on any atom is 0.422 e. The van der Waals surface area contributed by atoms with Crippen LogP contribution in [0.2, 0.25) is 0 Å². The minimum absolute atomic E-state index is 0. The minimum atomic E-state index is -4.42. The average Bonchev–Trinajstić information content (AvgIpc) is 2.63. The molecular weight excluding hydrogens is 397 g/mol. The molecule has 1 aromatic rings. The third-order valence-corrected chi connectivity index (χ3v) is 4.82. The summed E-state index contributed by atoms with van der Waals surface area (Å²) < 4.78 is 46.8. The van der Waals surface area contributed by atoms with Crippen LogP contribution in [-0.4, -0.2) is 49.8 Å². The van der Waals surface area contributed by atoms with E-state index in [0.29, 0.717) is 25.3 Å². The number of alkyl halides is 3. The fraction of sp³-hybridized carbons (Fsp3) is 0.632. The van der Waals surface area contributed by atoms with Gasteiger partial charge in [0.05, 0.1) is 7.11 Å². The predicted molar refractivity (Wildman–Crippen MR) is 103 cm³/mol. The van der Waals surface area contributed by atoms with Gasteiger partial charge in [0.2, 0.25) is 5.91 Å². The number of nitrogens with zero attached hydrogens (tertiary/aromatic N) is 1. The van der Waals surface area contributed by atoms with E-state index in [1.54, 1.807) is 12.1 Å². The zero-order chi connectivity index (χ0) is 20.0. The summed E-state index contributed by atoms with van der Waals surface area (Å²) in [6, 6.07) is 4.78. The summed E-state index contributed by atoms with van der Waals surface area (Å²) >= 11 is 0. The first-order chi connectivity index (χ1) is 12.7. The second kappa shape index (κ2) is 10.8. The summed E-state index contributed by atoms with van der Waals surface area (Å²) in [6.45, 7) is 1.96. The van der Waals surface area contributed by atoms with Crippen molar-refractivity contribution in [3.63, 3.8) is 0 Å². The van der Waals surface area contributed by atoms with Crippen molar-refractivity contribution in [2.24, 2.45) is 11.7 Å². The molecule has 5 nitrogen and oxygen atoms in total. The van der Waals surface area contributed by atoms with Gasteiger partial charge in [0.25, 0.3) is 0 Å². The van der Waals surface area contributed by atoms with Crippen LogP contribution in [0.4, 0.5) is 13.2 Å². The third-order valence-electron chi connectivity index (χ3n) is 4.82. The molecule has 1 aromatic carbocycles. The highest BCUT2D eigenvalue weighted by Gasteiger charge is 2.30. The lowest BCUT2D eigenvalue weighted by atomic mass is 9.92. The van der Waals surface area contributed by atoms with Gasteiger partial charge in [0, 0.05) is 25.6 Å². The Morgan fingerprint density at radius 3 is 2.64 bits per heavy atom. The number of hydrogen-bond donors (Lipinski definition) is 1. The van der Waals surface area contributed by atoms with Gasteiger partial charge in [0.15, 0.2) is 18.1 Å². The van der Waals surface area contributed by atoms with E-state index in [0.717, 1.165) is 24.9 Å². The van der Waals surface area contributed by atoms with Crippen LogP contribution in [0.15, 0.2) is 18.2 Å². The van der Waals surface area contributed by atoms with E-state index in [4.69, 9.17) is 15.2 Å². The number of amides is 1. The third kappa shape index (κ3) is 7.05. The van der Waals surface area contributed by atoms with E-state index in [1.807, 2.05) is 4.90 Å². The molecule has 2 rings (SSSR count). The Balaban J connectivity index is 0.00000392. The zero-order valence-corrected chi connectivity index (χ0v) is 16.9. The van der Waals surface area contributed by atoms with Crippen LogP contribution in [0.5, 0.6) is 11.5 Å². The molecule has 0 aromatic heterocycles. The standard InChI is InChI=1S/C19H27F3N2O3.ClH/c1-13-7-8-24(15(9-13)11-23)18(25)6-4-14-3-5-16(17(10-14)26-2)27-12-19(20,21)22;/h3,5,10,13,15H,4,6-9,11-12,23H2,1-2H3;1H. The van der Waals surface area contributed by atoms with Crippen LogP contribution >= 0.6 is 12.4 Å². The maximum absolute atomic E-state index is 12.6. The molecule has 1 aliphatic rings. The summed E-state index contributed by atoms with van der Waals surface area (Å²) in [5, 5.41) is 0. The van der Waals surface area contributed by atoms with Crippen LogP contribution in [0.1, 0.15) is 31.7 Å². The first kappa shape index (κ1) is 24.4. The highest BCUT2D eigenvalue weighted by Crippen LogP contribution is 2.30. The number of aryl methyl sites for hydroxylation is 1. The van der Waals surface area contributed by atoms with Gasteiger partial charge in [-0.25, -0.2) is 0 Å². The molecule has 9 heteroatoms. The van der Waals surface area contributed by atoms with E-state index in [-0.39, 0.29) is 35.9 Å². The average molecular weight is 425 g/mol. The van der Waals surface area contributed by atoms with Crippen LogP contribution in [0.25, 0.3) is 0 Å². The van der Waals surface area contributed by atoms with Crippen molar-refractivity contribution in [1.29, 1.82) is 0 Å². The highest BCUT2D eigenvalue weighted by molar-refractivity contribution is 5.85. The van der Waals surface area contributed by atoms with Crippen LogP contribution < -0.4 is 15.2 Å². The number of methoxy groups -OCH3 is 1. The van der Waals surface area contributed by atoms with Crippen molar-refractivity contribution < 1.29 is 27.4 Å². The van der Waals surface area contributed by atoms with E-state index < -0.39 is 12.8 Å². The summed E-state index contributed by atoms with van der Waals surface area (Å²) in [5.74, 6) is 0.860. The summed E-state index contributed by atoms with van der Waals surface area (Å²) in [4.78, 5) is 14.4. The smallest absolute Gasteiger partial charge is 0.422 e. The van der Waals surface area contributed by atoms with Gasteiger partial charge in [-0.2, -0.15) is 13.2 Å². The maximum atomic E-state index is 12.6. The van der Waals surface area contributed by atoms with Crippen molar-refractivity contribution in [2.75, 3.05) is 26.8 Å². The number of hydrogen-bond acceptors (Lipinski definition) is 4. The Kier molecular flexibility index (Phi) is 9.36. The molecular formula is C19H28ClF3N2O3. The van der Waals surface area contributed by atoms with Gasteiger partial charge in [0.1, 0.15) is 0 Å².